The van der Waals surface area contributed by atoms with Crippen LogP contribution >= 0.6 is 0 Å². The van der Waals surface area contributed by atoms with Gasteiger partial charge in [0.25, 0.3) is 5.69 Å². The Morgan fingerprint density at radius 2 is 1.91 bits per heavy atom. The minimum atomic E-state index is 0.803. The number of hydrogen-bond donors (Lipinski definition) is 0. The molecule has 3 heteroatoms. The standard InChI is InChI=1S/C19H14NO2/c1-11-7-8-14-17-15(10-21-14)22-19-13-6-4-3-5-12(13)9-20(2)18(19)16(11)17/h3-10H,1-2H3/q+1. The van der Waals surface area contributed by atoms with Crippen molar-refractivity contribution >= 4 is 21.7 Å². The maximum absolute atomic E-state index is 6.22. The zero-order chi connectivity index (χ0) is 14.8. The van der Waals surface area contributed by atoms with Crippen molar-refractivity contribution in [1.82, 2.24) is 0 Å². The summed E-state index contributed by atoms with van der Waals surface area (Å²) in [6.45, 7) is 2.13. The number of benzene rings is 2. The van der Waals surface area contributed by atoms with Gasteiger partial charge in [0, 0.05) is 10.8 Å². The number of nitrogens with zero attached hydrogens (tertiary/aromatic N) is 1. The van der Waals surface area contributed by atoms with E-state index in [0.717, 1.165) is 33.5 Å². The molecule has 0 amide bonds. The first kappa shape index (κ1) is 11.8. The monoisotopic (exact) mass is 288 g/mol. The smallest absolute Gasteiger partial charge is 0.257 e. The molecule has 3 heterocycles. The molecule has 0 unspecified atom stereocenters. The van der Waals surface area contributed by atoms with E-state index in [1.807, 2.05) is 18.2 Å². The largest absolute Gasteiger partial charge is 0.460 e. The van der Waals surface area contributed by atoms with Gasteiger partial charge in [-0.15, -0.1) is 0 Å². The van der Waals surface area contributed by atoms with E-state index in [9.17, 15) is 0 Å². The SMILES string of the molecule is Cc1ccc2occ3c2c1-c1c(c2ccccc2c[n+]1C)O3. The third-order valence-electron chi connectivity index (χ3n) is 4.47. The summed E-state index contributed by atoms with van der Waals surface area (Å²) >= 11 is 0. The number of aryl methyl sites for hydroxylation is 2. The molecule has 106 valence electrons. The first-order valence-electron chi connectivity index (χ1n) is 7.34. The highest BCUT2D eigenvalue weighted by Crippen LogP contribution is 2.49. The molecule has 0 fully saturated rings. The summed E-state index contributed by atoms with van der Waals surface area (Å²) in [7, 11) is 2.07. The molecule has 0 spiro atoms. The minimum Gasteiger partial charge on any atom is -0.460 e. The Balaban J connectivity index is 2.04. The summed E-state index contributed by atoms with van der Waals surface area (Å²) in [5, 5.41) is 3.36. The van der Waals surface area contributed by atoms with Crippen molar-refractivity contribution in [3.05, 3.63) is 54.4 Å². The van der Waals surface area contributed by atoms with Crippen LogP contribution in [0.4, 0.5) is 0 Å². The van der Waals surface area contributed by atoms with Crippen LogP contribution in [0.25, 0.3) is 33.0 Å². The van der Waals surface area contributed by atoms with Crippen molar-refractivity contribution in [3.8, 4) is 22.8 Å². The van der Waals surface area contributed by atoms with Crippen LogP contribution in [0.2, 0.25) is 0 Å². The molecule has 0 saturated heterocycles. The normalized spacial score (nSPS) is 12.5. The Hall–Kier alpha value is -2.81. The van der Waals surface area contributed by atoms with E-state index in [1.54, 1.807) is 6.26 Å². The minimum absolute atomic E-state index is 0.803. The number of ether oxygens (including phenoxy) is 1. The average Bonchev–Trinajstić information content (AvgIpc) is 2.94. The van der Waals surface area contributed by atoms with E-state index in [4.69, 9.17) is 9.15 Å². The number of furan rings is 1. The molecule has 0 N–H and O–H groups in total. The van der Waals surface area contributed by atoms with E-state index in [2.05, 4.69) is 42.9 Å². The lowest BCUT2D eigenvalue weighted by Gasteiger charge is -2.18. The van der Waals surface area contributed by atoms with Gasteiger partial charge in [-0.2, -0.15) is 4.57 Å². The lowest BCUT2D eigenvalue weighted by Crippen LogP contribution is -2.32. The van der Waals surface area contributed by atoms with Crippen LogP contribution in [-0.4, -0.2) is 0 Å². The fraction of sp³-hybridized carbons (Fsp3) is 0.105. The van der Waals surface area contributed by atoms with Gasteiger partial charge in [0.2, 0.25) is 5.75 Å². The number of pyridine rings is 1. The van der Waals surface area contributed by atoms with Gasteiger partial charge >= 0.3 is 0 Å². The molecular formula is C19H14NO2+. The second-order valence-corrected chi connectivity index (χ2v) is 5.84. The maximum Gasteiger partial charge on any atom is 0.257 e. The molecule has 5 rings (SSSR count). The molecule has 0 saturated carbocycles. The number of aromatic nitrogens is 1. The molecule has 0 bridgehead atoms. The van der Waals surface area contributed by atoms with Gasteiger partial charge in [-0.05, 0) is 24.6 Å². The van der Waals surface area contributed by atoms with Gasteiger partial charge in [0.05, 0.1) is 10.9 Å². The predicted molar refractivity (Wildman–Crippen MR) is 85.1 cm³/mol. The summed E-state index contributed by atoms with van der Waals surface area (Å²) in [4.78, 5) is 0. The summed E-state index contributed by atoms with van der Waals surface area (Å²) in [6.07, 6.45) is 3.86. The van der Waals surface area contributed by atoms with Crippen LogP contribution in [0, 0.1) is 6.92 Å². The lowest BCUT2D eigenvalue weighted by atomic mass is 9.96. The molecule has 4 aromatic rings. The van der Waals surface area contributed by atoms with E-state index in [1.165, 1.54) is 16.5 Å². The van der Waals surface area contributed by atoms with Crippen molar-refractivity contribution < 1.29 is 13.7 Å². The Bertz CT molecular complexity index is 1080. The average molecular weight is 288 g/mol. The molecular weight excluding hydrogens is 274 g/mol. The summed E-state index contributed by atoms with van der Waals surface area (Å²) < 4.78 is 14.0. The maximum atomic E-state index is 6.22. The molecule has 2 aromatic heterocycles. The van der Waals surface area contributed by atoms with Crippen LogP contribution in [0.1, 0.15) is 5.56 Å². The molecule has 22 heavy (non-hydrogen) atoms. The predicted octanol–water partition coefficient (Wildman–Crippen LogP) is 4.49. The van der Waals surface area contributed by atoms with E-state index < -0.39 is 0 Å². The Morgan fingerprint density at radius 1 is 1.05 bits per heavy atom. The highest BCUT2D eigenvalue weighted by atomic mass is 16.5. The Labute approximate surface area is 127 Å². The van der Waals surface area contributed by atoms with Crippen molar-refractivity contribution in [1.29, 1.82) is 0 Å². The molecule has 2 aromatic carbocycles. The van der Waals surface area contributed by atoms with Gasteiger partial charge in [0.1, 0.15) is 18.9 Å². The van der Waals surface area contributed by atoms with Crippen molar-refractivity contribution in [2.75, 3.05) is 0 Å². The molecule has 0 aliphatic carbocycles. The number of rotatable bonds is 0. The fourth-order valence-electron chi connectivity index (χ4n) is 3.47. The zero-order valence-corrected chi connectivity index (χ0v) is 12.4. The lowest BCUT2D eigenvalue weighted by molar-refractivity contribution is -0.659. The summed E-state index contributed by atoms with van der Waals surface area (Å²) in [5.41, 5.74) is 4.41. The second kappa shape index (κ2) is 3.89. The van der Waals surface area contributed by atoms with Gasteiger partial charge in [-0.25, -0.2) is 0 Å². The van der Waals surface area contributed by atoms with Crippen molar-refractivity contribution in [2.45, 2.75) is 6.92 Å². The molecule has 0 radical (unpaired) electrons. The number of hydrogen-bond acceptors (Lipinski definition) is 2. The third kappa shape index (κ3) is 1.33. The van der Waals surface area contributed by atoms with E-state index in [0.29, 0.717) is 0 Å². The molecule has 1 aliphatic rings. The third-order valence-corrected chi connectivity index (χ3v) is 4.47. The van der Waals surface area contributed by atoms with Crippen LogP contribution < -0.4 is 9.30 Å². The van der Waals surface area contributed by atoms with Crippen LogP contribution in [0.3, 0.4) is 0 Å². The van der Waals surface area contributed by atoms with Crippen LogP contribution in [0.15, 0.2) is 53.3 Å². The Kier molecular flexibility index (Phi) is 2.09. The highest BCUT2D eigenvalue weighted by Gasteiger charge is 2.32. The van der Waals surface area contributed by atoms with Gasteiger partial charge in [-0.3, -0.25) is 0 Å². The quantitative estimate of drug-likeness (QED) is 0.392. The topological polar surface area (TPSA) is 26.2 Å². The first-order valence-corrected chi connectivity index (χ1v) is 7.34. The van der Waals surface area contributed by atoms with E-state index >= 15 is 0 Å². The summed E-state index contributed by atoms with van der Waals surface area (Å²) in [6, 6.07) is 12.4. The zero-order valence-electron chi connectivity index (χ0n) is 12.4. The van der Waals surface area contributed by atoms with Crippen LogP contribution in [-0.2, 0) is 7.05 Å². The van der Waals surface area contributed by atoms with Crippen molar-refractivity contribution in [2.24, 2.45) is 7.05 Å². The highest BCUT2D eigenvalue weighted by molar-refractivity contribution is 6.05. The number of fused-ring (bicyclic) bond motifs is 4. The summed E-state index contributed by atoms with van der Waals surface area (Å²) in [5.74, 6) is 1.71. The Morgan fingerprint density at radius 3 is 2.82 bits per heavy atom. The van der Waals surface area contributed by atoms with Crippen molar-refractivity contribution in [3.63, 3.8) is 0 Å². The fourth-order valence-corrected chi connectivity index (χ4v) is 3.47. The first-order chi connectivity index (χ1) is 10.7. The van der Waals surface area contributed by atoms with Gasteiger partial charge in [-0.1, -0.05) is 24.3 Å². The molecule has 3 nitrogen and oxygen atoms in total. The van der Waals surface area contributed by atoms with Crippen LogP contribution in [0.5, 0.6) is 11.5 Å². The van der Waals surface area contributed by atoms with Gasteiger partial charge < -0.3 is 9.15 Å². The molecule has 1 aliphatic heterocycles. The van der Waals surface area contributed by atoms with E-state index in [-0.39, 0.29) is 0 Å². The second-order valence-electron chi connectivity index (χ2n) is 5.84. The van der Waals surface area contributed by atoms with Gasteiger partial charge in [0.15, 0.2) is 11.9 Å². The molecule has 0 atom stereocenters.